The van der Waals surface area contributed by atoms with E-state index >= 15 is 0 Å². The molecule has 0 saturated carbocycles. The molecule has 1 fully saturated rings. The van der Waals surface area contributed by atoms with Gasteiger partial charge in [-0.05, 0) is 18.2 Å². The lowest BCUT2D eigenvalue weighted by atomic mass is 10.2. The number of rotatable bonds is 3. The second-order valence-corrected chi connectivity index (χ2v) is 7.62. The van der Waals surface area contributed by atoms with Crippen molar-refractivity contribution < 1.29 is 14.4 Å². The van der Waals surface area contributed by atoms with Crippen molar-refractivity contribution in [3.05, 3.63) is 44.9 Å². The molecular formula is C17H16Cl2N4O3S. The first-order valence-corrected chi connectivity index (χ1v) is 9.75. The van der Waals surface area contributed by atoms with Crippen molar-refractivity contribution in [3.8, 4) is 0 Å². The average Bonchev–Trinajstić information content (AvgIpc) is 3.09. The Morgan fingerprint density at radius 3 is 2.41 bits per heavy atom. The lowest BCUT2D eigenvalue weighted by Gasteiger charge is -2.33. The molecule has 0 aliphatic carbocycles. The Hall–Kier alpha value is -2.16. The summed E-state index contributed by atoms with van der Waals surface area (Å²) in [5.41, 5.74) is 0.526. The Morgan fingerprint density at radius 2 is 1.78 bits per heavy atom. The van der Waals surface area contributed by atoms with Gasteiger partial charge in [0.05, 0.1) is 10.6 Å². The lowest BCUT2D eigenvalue weighted by Crippen LogP contribution is -2.50. The number of aromatic nitrogens is 1. The van der Waals surface area contributed by atoms with Crippen LogP contribution < -0.4 is 5.32 Å². The van der Waals surface area contributed by atoms with E-state index in [0.29, 0.717) is 36.3 Å². The standard InChI is InChI=1S/C17H16Cl2N4O3S/c1-10(24)22-4-6-23(7-5-22)16(26)14-9-27-17(20-14)21-15(25)12-3-2-11(18)8-13(12)19/h2-3,8-9H,4-7H2,1H3,(H,20,21,25). The number of carbonyl (C=O) groups is 3. The Labute approximate surface area is 169 Å². The van der Waals surface area contributed by atoms with Crippen molar-refractivity contribution >= 4 is 57.4 Å². The SMILES string of the molecule is CC(=O)N1CCN(C(=O)c2csc(NC(=O)c3ccc(Cl)cc3Cl)n2)CC1. The largest absolute Gasteiger partial charge is 0.339 e. The maximum Gasteiger partial charge on any atom is 0.273 e. The van der Waals surface area contributed by atoms with E-state index < -0.39 is 5.91 Å². The van der Waals surface area contributed by atoms with Crippen LogP contribution in [0.2, 0.25) is 10.0 Å². The number of hydrogen-bond donors (Lipinski definition) is 1. The number of halogens is 2. The van der Waals surface area contributed by atoms with Crippen molar-refractivity contribution in [3.63, 3.8) is 0 Å². The molecule has 1 saturated heterocycles. The number of carbonyl (C=O) groups excluding carboxylic acids is 3. The monoisotopic (exact) mass is 426 g/mol. The Morgan fingerprint density at radius 1 is 1.11 bits per heavy atom. The van der Waals surface area contributed by atoms with Crippen molar-refractivity contribution in [2.24, 2.45) is 0 Å². The van der Waals surface area contributed by atoms with Crippen LogP contribution >= 0.6 is 34.5 Å². The first-order valence-electron chi connectivity index (χ1n) is 8.12. The minimum atomic E-state index is -0.430. The maximum atomic E-state index is 12.6. The molecule has 1 N–H and O–H groups in total. The van der Waals surface area contributed by atoms with Crippen LogP contribution in [0.5, 0.6) is 0 Å². The quantitative estimate of drug-likeness (QED) is 0.817. The minimum absolute atomic E-state index is 0.00150. The van der Waals surface area contributed by atoms with Gasteiger partial charge in [-0.25, -0.2) is 4.98 Å². The second-order valence-electron chi connectivity index (χ2n) is 5.91. The third-order valence-electron chi connectivity index (χ3n) is 4.13. The molecule has 0 bridgehead atoms. The number of anilines is 1. The molecule has 0 atom stereocenters. The molecule has 1 aromatic heterocycles. The fourth-order valence-corrected chi connectivity index (χ4v) is 3.83. The molecule has 10 heteroatoms. The van der Waals surface area contributed by atoms with E-state index in [0.717, 1.165) is 11.3 Å². The fourth-order valence-electron chi connectivity index (χ4n) is 2.65. The van der Waals surface area contributed by atoms with Gasteiger partial charge in [-0.15, -0.1) is 11.3 Å². The van der Waals surface area contributed by atoms with E-state index in [1.54, 1.807) is 21.2 Å². The Balaban J connectivity index is 1.63. The van der Waals surface area contributed by atoms with Crippen molar-refractivity contribution in [2.75, 3.05) is 31.5 Å². The molecule has 7 nitrogen and oxygen atoms in total. The highest BCUT2D eigenvalue weighted by Gasteiger charge is 2.25. The Bertz CT molecular complexity index is 894. The van der Waals surface area contributed by atoms with Crippen LogP contribution in [0.1, 0.15) is 27.8 Å². The average molecular weight is 427 g/mol. The summed E-state index contributed by atoms with van der Waals surface area (Å²) in [4.78, 5) is 43.8. The van der Waals surface area contributed by atoms with Gasteiger partial charge in [-0.2, -0.15) is 0 Å². The fraction of sp³-hybridized carbons (Fsp3) is 0.294. The van der Waals surface area contributed by atoms with E-state index in [9.17, 15) is 14.4 Å². The summed E-state index contributed by atoms with van der Waals surface area (Å²) in [7, 11) is 0. The van der Waals surface area contributed by atoms with E-state index in [4.69, 9.17) is 23.2 Å². The molecule has 1 aliphatic rings. The molecule has 1 aromatic carbocycles. The second kappa shape index (κ2) is 8.24. The highest BCUT2D eigenvalue weighted by Crippen LogP contribution is 2.23. The summed E-state index contributed by atoms with van der Waals surface area (Å²) in [6, 6.07) is 4.57. The number of nitrogens with one attached hydrogen (secondary N) is 1. The summed E-state index contributed by atoms with van der Waals surface area (Å²) in [5.74, 6) is -0.652. The van der Waals surface area contributed by atoms with Gasteiger partial charge in [0.2, 0.25) is 5.91 Å². The number of hydrogen-bond acceptors (Lipinski definition) is 5. The molecule has 3 amide bonds. The van der Waals surface area contributed by atoms with Crippen LogP contribution in [0.3, 0.4) is 0 Å². The zero-order valence-electron chi connectivity index (χ0n) is 14.4. The van der Waals surface area contributed by atoms with Crippen LogP contribution in [0.15, 0.2) is 23.6 Å². The molecule has 2 aromatic rings. The maximum absolute atomic E-state index is 12.6. The van der Waals surface area contributed by atoms with Gasteiger partial charge in [0.25, 0.3) is 11.8 Å². The van der Waals surface area contributed by atoms with Crippen LogP contribution in [0.4, 0.5) is 5.13 Å². The van der Waals surface area contributed by atoms with Crippen molar-refractivity contribution in [1.29, 1.82) is 0 Å². The van der Waals surface area contributed by atoms with Gasteiger partial charge in [0.15, 0.2) is 5.13 Å². The van der Waals surface area contributed by atoms with Crippen LogP contribution in [-0.4, -0.2) is 58.7 Å². The third kappa shape index (κ3) is 4.58. The molecule has 0 radical (unpaired) electrons. The van der Waals surface area contributed by atoms with Gasteiger partial charge >= 0.3 is 0 Å². The molecular weight excluding hydrogens is 411 g/mol. The summed E-state index contributed by atoms with van der Waals surface area (Å²) < 4.78 is 0. The van der Waals surface area contributed by atoms with Crippen LogP contribution in [0, 0.1) is 0 Å². The number of piperazine rings is 1. The van der Waals surface area contributed by atoms with Crippen molar-refractivity contribution in [1.82, 2.24) is 14.8 Å². The minimum Gasteiger partial charge on any atom is -0.339 e. The summed E-state index contributed by atoms with van der Waals surface area (Å²) in [5, 5.41) is 5.20. The van der Waals surface area contributed by atoms with Gasteiger partial charge in [-0.1, -0.05) is 23.2 Å². The smallest absolute Gasteiger partial charge is 0.273 e. The van der Waals surface area contributed by atoms with Crippen LogP contribution in [0.25, 0.3) is 0 Å². The summed E-state index contributed by atoms with van der Waals surface area (Å²) in [6.45, 7) is 3.43. The van der Waals surface area contributed by atoms with Gasteiger partial charge < -0.3 is 9.80 Å². The van der Waals surface area contributed by atoms with Gasteiger partial charge in [0.1, 0.15) is 5.69 Å². The predicted octanol–water partition coefficient (Wildman–Crippen LogP) is 3.01. The molecule has 0 unspecified atom stereocenters. The lowest BCUT2D eigenvalue weighted by molar-refractivity contribution is -0.130. The number of amides is 3. The number of nitrogens with zero attached hydrogens (tertiary/aromatic N) is 3. The number of benzene rings is 1. The van der Waals surface area contributed by atoms with E-state index in [-0.39, 0.29) is 28.1 Å². The first kappa shape index (κ1) is 19.6. The highest BCUT2D eigenvalue weighted by atomic mass is 35.5. The summed E-state index contributed by atoms with van der Waals surface area (Å²) in [6.07, 6.45) is 0. The molecule has 3 rings (SSSR count). The summed E-state index contributed by atoms with van der Waals surface area (Å²) >= 11 is 13.0. The molecule has 2 heterocycles. The van der Waals surface area contributed by atoms with E-state index in [2.05, 4.69) is 10.3 Å². The molecule has 142 valence electrons. The van der Waals surface area contributed by atoms with E-state index in [1.165, 1.54) is 19.1 Å². The van der Waals surface area contributed by atoms with Gasteiger partial charge in [-0.3, -0.25) is 19.7 Å². The zero-order chi connectivity index (χ0) is 19.6. The molecule has 1 aliphatic heterocycles. The highest BCUT2D eigenvalue weighted by molar-refractivity contribution is 7.14. The van der Waals surface area contributed by atoms with E-state index in [1.807, 2.05) is 0 Å². The zero-order valence-corrected chi connectivity index (χ0v) is 16.7. The Kier molecular flexibility index (Phi) is 5.98. The predicted molar refractivity (Wildman–Crippen MR) is 105 cm³/mol. The topological polar surface area (TPSA) is 82.6 Å². The van der Waals surface area contributed by atoms with Crippen molar-refractivity contribution in [2.45, 2.75) is 6.92 Å². The molecule has 0 spiro atoms. The van der Waals surface area contributed by atoms with Gasteiger partial charge in [0, 0.05) is 43.5 Å². The first-order chi connectivity index (χ1) is 12.8. The normalized spacial score (nSPS) is 14.2. The number of thiazole rings is 1. The third-order valence-corrected chi connectivity index (χ3v) is 5.44. The van der Waals surface area contributed by atoms with Crippen LogP contribution in [-0.2, 0) is 4.79 Å². The molecule has 27 heavy (non-hydrogen) atoms.